The molecule has 0 spiro atoms. The fraction of sp³-hybridized carbons (Fsp3) is 0.692. The van der Waals surface area contributed by atoms with Crippen LogP contribution < -0.4 is 0 Å². The zero-order valence-corrected chi connectivity index (χ0v) is 25.7. The Balaban J connectivity index is 1.87. The Morgan fingerprint density at radius 3 is 1.02 bits per heavy atom. The lowest BCUT2D eigenvalue weighted by atomic mass is 9.73. The molecular formula is C26H22F16O9S. The molecule has 0 aromatic heterocycles. The minimum absolute atomic E-state index is 0.114. The van der Waals surface area contributed by atoms with Gasteiger partial charge in [-0.15, -0.1) is 0 Å². The second-order valence-electron chi connectivity index (χ2n) is 11.9. The van der Waals surface area contributed by atoms with Crippen molar-refractivity contribution in [1.82, 2.24) is 0 Å². The molecule has 26 heteroatoms. The monoisotopic (exact) mass is 814 g/mol. The molecule has 2 saturated carbocycles. The van der Waals surface area contributed by atoms with Gasteiger partial charge in [0.1, 0.15) is 24.7 Å². The molecule has 0 saturated heterocycles. The van der Waals surface area contributed by atoms with Crippen LogP contribution in [0.25, 0.3) is 0 Å². The molecule has 2 aliphatic carbocycles. The molecule has 2 fully saturated rings. The predicted octanol–water partition coefficient (Wildman–Crippen LogP) is 5.87. The predicted molar refractivity (Wildman–Crippen MR) is 134 cm³/mol. The summed E-state index contributed by atoms with van der Waals surface area (Å²) in [6, 6.07) is 0.404. The number of alkyl halides is 16. The maximum atomic E-state index is 14.8. The van der Waals surface area contributed by atoms with Gasteiger partial charge in [0, 0.05) is 11.8 Å². The number of hydrogen-bond donors (Lipinski definition) is 3. The highest BCUT2D eigenvalue weighted by atomic mass is 32.2. The maximum Gasteiger partial charge on any atom is 0.426 e. The topological polar surface area (TPSA) is 147 Å². The van der Waals surface area contributed by atoms with Gasteiger partial charge >= 0.3 is 36.6 Å². The van der Waals surface area contributed by atoms with Crippen LogP contribution in [0.3, 0.4) is 0 Å². The van der Waals surface area contributed by atoms with E-state index in [1.54, 1.807) is 0 Å². The summed E-state index contributed by atoms with van der Waals surface area (Å²) >= 11 is 0. The van der Waals surface area contributed by atoms with Crippen molar-refractivity contribution in [3.05, 3.63) is 29.3 Å². The van der Waals surface area contributed by atoms with Crippen LogP contribution in [0.1, 0.15) is 46.4 Å². The SMILES string of the molecule is O=C(OC1C(F)CC(C(O)(C(F)(F)F)C(F)(F)F)CC1F)c1cc(C(=O)OC2C(F)CC(C(O)(C(F)(F)F)C(F)(F)F)CC2F)cc(S(=O)(=O)O)c1. The first-order valence-corrected chi connectivity index (χ1v) is 15.4. The number of hydrogen-bond acceptors (Lipinski definition) is 8. The van der Waals surface area contributed by atoms with Gasteiger partial charge in [0.2, 0.25) is 0 Å². The normalized spacial score (nSPS) is 28.7. The minimum Gasteiger partial charge on any atom is -0.453 e. The van der Waals surface area contributed by atoms with Crippen LogP contribution in [0, 0.1) is 11.8 Å². The van der Waals surface area contributed by atoms with Gasteiger partial charge in [0.25, 0.3) is 21.3 Å². The van der Waals surface area contributed by atoms with Gasteiger partial charge in [0.15, 0.2) is 12.2 Å². The fourth-order valence-corrected chi connectivity index (χ4v) is 6.41. The molecular weight excluding hydrogens is 792 g/mol. The standard InChI is InChI=1S/C26H22F16O9S/c27-13-4-10(21(45,23(31,32)33)24(34,35)36)5-14(28)17(13)50-19(43)8-1-9(3-12(2-8)52(47,48)49)20(44)51-18-15(29)6-11(7-16(18)30)22(46,25(37,38)39)26(40,41)42/h1-3,10-11,13-18,45-46H,4-7H2,(H,47,48,49). The van der Waals surface area contributed by atoms with Gasteiger partial charge in [-0.05, 0) is 43.9 Å². The van der Waals surface area contributed by atoms with E-state index < -0.39 is 148 Å². The number of aliphatic hydroxyl groups is 2. The summed E-state index contributed by atoms with van der Waals surface area (Å²) in [5, 5.41) is 19.0. The lowest BCUT2D eigenvalue weighted by Crippen LogP contribution is -2.64. The molecule has 2 aliphatic rings. The fourth-order valence-electron chi connectivity index (χ4n) is 5.86. The lowest BCUT2D eigenvalue weighted by Gasteiger charge is -2.43. The van der Waals surface area contributed by atoms with E-state index in [9.17, 15) is 103 Å². The van der Waals surface area contributed by atoms with Crippen molar-refractivity contribution >= 4 is 22.1 Å². The molecule has 4 atom stereocenters. The number of benzene rings is 1. The first kappa shape index (κ1) is 43.3. The van der Waals surface area contributed by atoms with Crippen LogP contribution in [0.4, 0.5) is 70.2 Å². The van der Waals surface area contributed by atoms with Gasteiger partial charge in [-0.25, -0.2) is 27.2 Å². The molecule has 52 heavy (non-hydrogen) atoms. The van der Waals surface area contributed by atoms with Gasteiger partial charge in [-0.3, -0.25) is 4.55 Å². The summed E-state index contributed by atoms with van der Waals surface area (Å²) in [6.45, 7) is 0. The highest BCUT2D eigenvalue weighted by molar-refractivity contribution is 7.85. The molecule has 0 heterocycles. The quantitative estimate of drug-likeness (QED) is 0.175. The number of esters is 2. The zero-order chi connectivity index (χ0) is 40.4. The van der Waals surface area contributed by atoms with Crippen LogP contribution in [0.15, 0.2) is 23.1 Å². The molecule has 298 valence electrons. The van der Waals surface area contributed by atoms with Gasteiger partial charge < -0.3 is 19.7 Å². The zero-order valence-electron chi connectivity index (χ0n) is 24.9. The van der Waals surface area contributed by atoms with Crippen LogP contribution in [-0.2, 0) is 19.6 Å². The molecule has 9 nitrogen and oxygen atoms in total. The average Bonchev–Trinajstić information content (AvgIpc) is 2.96. The highest BCUT2D eigenvalue weighted by Crippen LogP contribution is 2.54. The Kier molecular flexibility index (Phi) is 11.6. The lowest BCUT2D eigenvalue weighted by molar-refractivity contribution is -0.390. The van der Waals surface area contributed by atoms with E-state index in [0.29, 0.717) is 0 Å². The highest BCUT2D eigenvalue weighted by Gasteiger charge is 2.76. The van der Waals surface area contributed by atoms with E-state index in [-0.39, 0.29) is 18.2 Å². The van der Waals surface area contributed by atoms with Crippen LogP contribution in [0.5, 0.6) is 0 Å². The first-order chi connectivity index (χ1) is 23.2. The second kappa shape index (κ2) is 13.9. The van der Waals surface area contributed by atoms with Crippen LogP contribution >= 0.6 is 0 Å². The third-order valence-corrected chi connectivity index (χ3v) is 9.37. The minimum atomic E-state index is -6.50. The molecule has 3 N–H and O–H groups in total. The van der Waals surface area contributed by atoms with Gasteiger partial charge in [-0.1, -0.05) is 0 Å². The Morgan fingerprint density at radius 1 is 0.558 bits per heavy atom. The van der Waals surface area contributed by atoms with Crippen molar-refractivity contribution in [2.24, 2.45) is 11.8 Å². The van der Waals surface area contributed by atoms with E-state index in [2.05, 4.69) is 9.47 Å². The molecule has 3 rings (SSSR count). The van der Waals surface area contributed by atoms with Crippen LogP contribution in [-0.4, -0.2) is 108 Å². The van der Waals surface area contributed by atoms with E-state index >= 15 is 0 Å². The van der Waals surface area contributed by atoms with E-state index in [1.165, 1.54) is 0 Å². The van der Waals surface area contributed by atoms with Crippen molar-refractivity contribution in [2.45, 2.75) is 103 Å². The number of halogens is 16. The van der Waals surface area contributed by atoms with Crippen molar-refractivity contribution in [3.63, 3.8) is 0 Å². The number of carbonyl (C=O) groups excluding carboxylic acids is 2. The van der Waals surface area contributed by atoms with Crippen molar-refractivity contribution in [1.29, 1.82) is 0 Å². The smallest absolute Gasteiger partial charge is 0.426 e. The summed E-state index contributed by atoms with van der Waals surface area (Å²) in [4.78, 5) is 24.0. The summed E-state index contributed by atoms with van der Waals surface area (Å²) in [5.41, 5.74) is -13.9. The molecule has 1 aromatic rings. The molecule has 0 amide bonds. The summed E-state index contributed by atoms with van der Waals surface area (Å²) in [7, 11) is -5.52. The second-order valence-corrected chi connectivity index (χ2v) is 13.3. The summed E-state index contributed by atoms with van der Waals surface area (Å²) in [6.07, 6.45) is -52.2. The Morgan fingerprint density at radius 2 is 0.808 bits per heavy atom. The summed E-state index contributed by atoms with van der Waals surface area (Å²) < 4.78 is 259. The number of ether oxygens (including phenoxy) is 2. The largest absolute Gasteiger partial charge is 0.453 e. The van der Waals surface area contributed by atoms with E-state index in [1.807, 2.05) is 0 Å². The van der Waals surface area contributed by atoms with Gasteiger partial charge in [0.05, 0.1) is 16.0 Å². The molecule has 0 aliphatic heterocycles. The summed E-state index contributed by atoms with van der Waals surface area (Å²) in [5.74, 6) is -10.6. The first-order valence-electron chi connectivity index (χ1n) is 14.0. The van der Waals surface area contributed by atoms with E-state index in [4.69, 9.17) is 0 Å². The molecule has 1 aromatic carbocycles. The Labute approximate surface area is 279 Å². The van der Waals surface area contributed by atoms with Crippen molar-refractivity contribution in [3.8, 4) is 0 Å². The van der Waals surface area contributed by atoms with Crippen molar-refractivity contribution < 1.29 is 112 Å². The third-order valence-electron chi connectivity index (χ3n) is 8.54. The van der Waals surface area contributed by atoms with E-state index in [0.717, 1.165) is 0 Å². The average molecular weight is 814 g/mol. The van der Waals surface area contributed by atoms with Crippen LogP contribution in [0.2, 0.25) is 0 Å². The van der Waals surface area contributed by atoms with Crippen molar-refractivity contribution in [2.75, 3.05) is 0 Å². The molecule has 4 unspecified atom stereocenters. The maximum absolute atomic E-state index is 14.8. The molecule has 0 bridgehead atoms. The Hall–Kier alpha value is -3.13. The number of carbonyl (C=O) groups is 2. The molecule has 0 radical (unpaired) electrons. The third kappa shape index (κ3) is 8.02. The Bertz CT molecular complexity index is 1460. The van der Waals surface area contributed by atoms with Gasteiger partial charge in [-0.2, -0.15) is 61.1 Å². The number of rotatable bonds is 7.